The Balaban J connectivity index is 1.90. The highest BCUT2D eigenvalue weighted by Gasteiger charge is 2.22. The predicted octanol–water partition coefficient (Wildman–Crippen LogP) is 4.30. The largest absolute Gasteiger partial charge is 0.481 e. The molecule has 0 bridgehead atoms. The summed E-state index contributed by atoms with van der Waals surface area (Å²) in [4.78, 5) is 0. The number of para-hydroxylation sites is 1. The number of rotatable bonds is 1. The van der Waals surface area contributed by atoms with Crippen molar-refractivity contribution in [1.82, 2.24) is 0 Å². The lowest BCUT2D eigenvalue weighted by Gasteiger charge is -2.28. The van der Waals surface area contributed by atoms with Gasteiger partial charge in [0, 0.05) is 0 Å². The monoisotopic (exact) mass is 303 g/mol. The molecule has 0 fully saturated rings. The quantitative estimate of drug-likeness (QED) is 0.848. The van der Waals surface area contributed by atoms with Crippen LogP contribution in [0.2, 0.25) is 0 Å². The van der Waals surface area contributed by atoms with Gasteiger partial charge in [0.05, 0.1) is 16.7 Å². The van der Waals surface area contributed by atoms with Crippen molar-refractivity contribution in [1.29, 1.82) is 0 Å². The van der Waals surface area contributed by atoms with Gasteiger partial charge in [-0.2, -0.15) is 0 Å². The normalized spacial score (nSPS) is 17.6. The molecule has 1 aliphatic rings. The van der Waals surface area contributed by atoms with E-state index in [4.69, 9.17) is 4.74 Å². The maximum Gasteiger partial charge on any atom is 0.157 e. The molecule has 92 valence electrons. The second-order valence-corrected chi connectivity index (χ2v) is 5.37. The molecule has 1 heterocycles. The summed E-state index contributed by atoms with van der Waals surface area (Å²) < 4.78 is 7.07. The van der Waals surface area contributed by atoms with Crippen LogP contribution in [0.25, 0.3) is 0 Å². The van der Waals surface area contributed by atoms with Gasteiger partial charge in [-0.05, 0) is 40.5 Å². The lowest BCUT2D eigenvalue weighted by Crippen LogP contribution is -2.23. The second kappa shape index (κ2) is 4.65. The van der Waals surface area contributed by atoms with Crippen molar-refractivity contribution < 1.29 is 4.74 Å². The third-order valence-electron chi connectivity index (χ3n) is 3.15. The maximum atomic E-state index is 6.08. The SMILES string of the molecule is Cc1ccc(C2CNc3cccc(Br)c3O2)cc1. The lowest BCUT2D eigenvalue weighted by atomic mass is 10.1. The summed E-state index contributed by atoms with van der Waals surface area (Å²) in [5, 5.41) is 3.41. The molecule has 0 saturated heterocycles. The fourth-order valence-corrected chi connectivity index (χ4v) is 2.58. The topological polar surface area (TPSA) is 21.3 Å². The highest BCUT2D eigenvalue weighted by Crippen LogP contribution is 2.39. The summed E-state index contributed by atoms with van der Waals surface area (Å²) in [5.74, 6) is 0.898. The van der Waals surface area contributed by atoms with Crippen LogP contribution in [-0.4, -0.2) is 6.54 Å². The average molecular weight is 304 g/mol. The molecular formula is C15H14BrNO. The molecule has 3 rings (SSSR count). The van der Waals surface area contributed by atoms with Gasteiger partial charge < -0.3 is 10.1 Å². The van der Waals surface area contributed by atoms with Crippen molar-refractivity contribution in [3.8, 4) is 5.75 Å². The minimum absolute atomic E-state index is 0.0665. The molecule has 0 saturated carbocycles. The van der Waals surface area contributed by atoms with Crippen LogP contribution < -0.4 is 10.1 Å². The first-order valence-corrected chi connectivity index (χ1v) is 6.79. The number of halogens is 1. The zero-order valence-electron chi connectivity index (χ0n) is 10.1. The zero-order valence-corrected chi connectivity index (χ0v) is 11.7. The number of aryl methyl sites for hydroxylation is 1. The molecule has 1 aliphatic heterocycles. The fourth-order valence-electron chi connectivity index (χ4n) is 2.12. The van der Waals surface area contributed by atoms with Gasteiger partial charge in [0.25, 0.3) is 0 Å². The molecule has 1 unspecified atom stereocenters. The predicted molar refractivity (Wildman–Crippen MR) is 77.2 cm³/mol. The van der Waals surface area contributed by atoms with Crippen LogP contribution in [0.5, 0.6) is 5.75 Å². The first-order valence-electron chi connectivity index (χ1n) is 5.99. The van der Waals surface area contributed by atoms with Crippen LogP contribution in [0.1, 0.15) is 17.2 Å². The standard InChI is InChI=1S/C15H14BrNO/c1-10-5-7-11(8-6-10)14-9-17-13-4-2-3-12(16)15(13)18-14/h2-8,14,17H,9H2,1H3. The number of benzene rings is 2. The van der Waals surface area contributed by atoms with E-state index in [0.717, 1.165) is 22.5 Å². The number of anilines is 1. The third-order valence-corrected chi connectivity index (χ3v) is 3.78. The number of ether oxygens (including phenoxy) is 1. The van der Waals surface area contributed by atoms with Crippen molar-refractivity contribution >= 4 is 21.6 Å². The van der Waals surface area contributed by atoms with Gasteiger partial charge >= 0.3 is 0 Å². The Kier molecular flexibility index (Phi) is 3.00. The van der Waals surface area contributed by atoms with Crippen molar-refractivity contribution in [3.05, 3.63) is 58.1 Å². The van der Waals surface area contributed by atoms with Gasteiger partial charge in [0.1, 0.15) is 6.10 Å². The molecular weight excluding hydrogens is 290 g/mol. The van der Waals surface area contributed by atoms with Gasteiger partial charge in [0.2, 0.25) is 0 Å². The molecule has 18 heavy (non-hydrogen) atoms. The van der Waals surface area contributed by atoms with Gasteiger partial charge in [-0.1, -0.05) is 35.9 Å². The van der Waals surface area contributed by atoms with Crippen LogP contribution in [0.15, 0.2) is 46.9 Å². The van der Waals surface area contributed by atoms with E-state index in [9.17, 15) is 0 Å². The molecule has 0 aromatic heterocycles. The van der Waals surface area contributed by atoms with Crippen molar-refractivity contribution in [3.63, 3.8) is 0 Å². The Bertz CT molecular complexity index is 565. The molecule has 2 nitrogen and oxygen atoms in total. The molecule has 1 atom stereocenters. The minimum atomic E-state index is 0.0665. The Morgan fingerprint density at radius 2 is 1.94 bits per heavy atom. The molecule has 3 heteroatoms. The Morgan fingerprint density at radius 3 is 2.72 bits per heavy atom. The highest BCUT2D eigenvalue weighted by molar-refractivity contribution is 9.10. The zero-order chi connectivity index (χ0) is 12.5. The smallest absolute Gasteiger partial charge is 0.157 e. The Morgan fingerprint density at radius 1 is 1.17 bits per heavy atom. The molecule has 1 N–H and O–H groups in total. The van der Waals surface area contributed by atoms with Gasteiger partial charge in [0.15, 0.2) is 5.75 Å². The average Bonchev–Trinajstić information content (AvgIpc) is 2.40. The third kappa shape index (κ3) is 2.10. The van der Waals surface area contributed by atoms with Gasteiger partial charge in [-0.25, -0.2) is 0 Å². The van der Waals surface area contributed by atoms with E-state index < -0.39 is 0 Å². The highest BCUT2D eigenvalue weighted by atomic mass is 79.9. The summed E-state index contributed by atoms with van der Waals surface area (Å²) in [6, 6.07) is 14.5. The van der Waals surface area contributed by atoms with Crippen LogP contribution in [-0.2, 0) is 0 Å². The van der Waals surface area contributed by atoms with E-state index in [2.05, 4.69) is 52.4 Å². The molecule has 0 amide bonds. The van der Waals surface area contributed by atoms with E-state index in [1.54, 1.807) is 0 Å². The summed E-state index contributed by atoms with van der Waals surface area (Å²) in [7, 11) is 0. The van der Waals surface area contributed by atoms with Crippen LogP contribution in [0.4, 0.5) is 5.69 Å². The summed E-state index contributed by atoms with van der Waals surface area (Å²) in [6.45, 7) is 2.89. The first kappa shape index (κ1) is 11.6. The van der Waals surface area contributed by atoms with E-state index in [1.165, 1.54) is 11.1 Å². The molecule has 0 spiro atoms. The van der Waals surface area contributed by atoms with Crippen LogP contribution >= 0.6 is 15.9 Å². The Hall–Kier alpha value is -1.48. The number of fused-ring (bicyclic) bond motifs is 1. The van der Waals surface area contributed by atoms with E-state index in [0.29, 0.717) is 0 Å². The molecule has 0 radical (unpaired) electrons. The minimum Gasteiger partial charge on any atom is -0.481 e. The van der Waals surface area contributed by atoms with E-state index >= 15 is 0 Å². The summed E-state index contributed by atoms with van der Waals surface area (Å²) >= 11 is 3.53. The summed E-state index contributed by atoms with van der Waals surface area (Å²) in [5.41, 5.74) is 3.52. The lowest BCUT2D eigenvalue weighted by molar-refractivity contribution is 0.209. The number of hydrogen-bond acceptors (Lipinski definition) is 2. The molecule has 2 aromatic carbocycles. The van der Waals surface area contributed by atoms with Crippen LogP contribution in [0, 0.1) is 6.92 Å². The number of nitrogens with one attached hydrogen (secondary N) is 1. The first-order chi connectivity index (χ1) is 8.74. The summed E-state index contributed by atoms with van der Waals surface area (Å²) in [6.07, 6.45) is 0.0665. The number of hydrogen-bond donors (Lipinski definition) is 1. The van der Waals surface area contributed by atoms with Crippen molar-refractivity contribution in [2.45, 2.75) is 13.0 Å². The van der Waals surface area contributed by atoms with E-state index in [1.807, 2.05) is 18.2 Å². The van der Waals surface area contributed by atoms with Gasteiger partial charge in [-0.15, -0.1) is 0 Å². The van der Waals surface area contributed by atoms with E-state index in [-0.39, 0.29) is 6.10 Å². The molecule has 2 aromatic rings. The van der Waals surface area contributed by atoms with Crippen LogP contribution in [0.3, 0.4) is 0 Å². The maximum absolute atomic E-state index is 6.08. The fraction of sp³-hybridized carbons (Fsp3) is 0.200. The molecule has 0 aliphatic carbocycles. The second-order valence-electron chi connectivity index (χ2n) is 4.51. The van der Waals surface area contributed by atoms with Crippen molar-refractivity contribution in [2.24, 2.45) is 0 Å². The Labute approximate surface area is 115 Å². The van der Waals surface area contributed by atoms with Crippen molar-refractivity contribution in [2.75, 3.05) is 11.9 Å². The van der Waals surface area contributed by atoms with Gasteiger partial charge in [-0.3, -0.25) is 0 Å².